The van der Waals surface area contributed by atoms with Gasteiger partial charge in [0.05, 0.1) is 0 Å². The molecule has 0 aliphatic carbocycles. The van der Waals surface area contributed by atoms with Crippen molar-refractivity contribution in [3.63, 3.8) is 0 Å². The van der Waals surface area contributed by atoms with Crippen molar-refractivity contribution >= 4 is 16.9 Å². The first-order chi connectivity index (χ1) is 12.6. The van der Waals surface area contributed by atoms with Crippen LogP contribution in [0.25, 0.3) is 11.0 Å². The first-order valence-electron chi connectivity index (χ1n) is 9.73. The van der Waals surface area contributed by atoms with Crippen molar-refractivity contribution in [2.75, 3.05) is 46.3 Å². The molecule has 1 N–H and O–H groups in total. The van der Waals surface area contributed by atoms with Crippen molar-refractivity contribution in [1.82, 2.24) is 24.7 Å². The van der Waals surface area contributed by atoms with Crippen molar-refractivity contribution < 1.29 is 4.79 Å². The van der Waals surface area contributed by atoms with Gasteiger partial charge in [-0.3, -0.25) is 9.69 Å². The minimum Gasteiger partial charge on any atom is -0.343 e. The highest BCUT2D eigenvalue weighted by molar-refractivity contribution is 5.81. The minimum absolute atomic E-state index is 0.185. The average Bonchev–Trinajstić information content (AvgIpc) is 3.02. The number of pyridine rings is 1. The lowest BCUT2D eigenvalue weighted by atomic mass is 9.91. The molecule has 4 heterocycles. The molecule has 2 aliphatic rings. The summed E-state index contributed by atoms with van der Waals surface area (Å²) < 4.78 is 0. The van der Waals surface area contributed by atoms with Crippen molar-refractivity contribution in [1.29, 1.82) is 0 Å². The van der Waals surface area contributed by atoms with Gasteiger partial charge in [-0.2, -0.15) is 0 Å². The predicted octanol–water partition coefficient (Wildman–Crippen LogP) is 2.04. The summed E-state index contributed by atoms with van der Waals surface area (Å²) in [6, 6.07) is 4.20. The van der Waals surface area contributed by atoms with E-state index >= 15 is 0 Å². The second-order valence-corrected chi connectivity index (χ2v) is 7.80. The van der Waals surface area contributed by atoms with E-state index in [-0.39, 0.29) is 5.91 Å². The van der Waals surface area contributed by atoms with Gasteiger partial charge in [-0.05, 0) is 37.6 Å². The van der Waals surface area contributed by atoms with Gasteiger partial charge in [0.1, 0.15) is 5.65 Å². The highest BCUT2D eigenvalue weighted by Crippen LogP contribution is 2.33. The molecule has 0 unspecified atom stereocenters. The largest absolute Gasteiger partial charge is 0.343 e. The maximum Gasteiger partial charge on any atom is 0.219 e. The zero-order valence-electron chi connectivity index (χ0n) is 15.9. The van der Waals surface area contributed by atoms with Crippen molar-refractivity contribution in [2.24, 2.45) is 0 Å². The second kappa shape index (κ2) is 7.37. The number of hydrogen-bond donors (Lipinski definition) is 1. The molecule has 1 amide bonds. The summed E-state index contributed by atoms with van der Waals surface area (Å²) in [5.74, 6) is 0.564. The Labute approximate surface area is 155 Å². The number of carbonyl (C=O) groups is 1. The smallest absolute Gasteiger partial charge is 0.219 e. The molecule has 2 aromatic heterocycles. The Kier molecular flexibility index (Phi) is 4.96. The second-order valence-electron chi connectivity index (χ2n) is 7.80. The van der Waals surface area contributed by atoms with Gasteiger partial charge in [-0.1, -0.05) is 0 Å². The zero-order valence-corrected chi connectivity index (χ0v) is 15.9. The summed E-state index contributed by atoms with van der Waals surface area (Å²) in [6.07, 6.45) is 4.05. The lowest BCUT2D eigenvalue weighted by molar-refractivity contribution is -0.130. The molecular formula is C20H29N5O. The van der Waals surface area contributed by atoms with Gasteiger partial charge < -0.3 is 14.8 Å². The first kappa shape index (κ1) is 17.5. The van der Waals surface area contributed by atoms with E-state index < -0.39 is 0 Å². The molecule has 2 saturated heterocycles. The van der Waals surface area contributed by atoms with Gasteiger partial charge >= 0.3 is 0 Å². The monoisotopic (exact) mass is 355 g/mol. The topological polar surface area (TPSA) is 55.5 Å². The van der Waals surface area contributed by atoms with Crippen LogP contribution < -0.4 is 0 Å². The third-order valence-electron chi connectivity index (χ3n) is 5.96. The normalized spacial score (nSPS) is 22.8. The Hall–Kier alpha value is -1.92. The molecule has 0 aromatic carbocycles. The van der Waals surface area contributed by atoms with E-state index in [1.807, 2.05) is 17.2 Å². The number of hydrogen-bond acceptors (Lipinski definition) is 4. The van der Waals surface area contributed by atoms with Crippen LogP contribution >= 0.6 is 0 Å². The number of aromatic nitrogens is 2. The van der Waals surface area contributed by atoms with Gasteiger partial charge in [0, 0.05) is 75.9 Å². The van der Waals surface area contributed by atoms with Crippen LogP contribution in [0.4, 0.5) is 0 Å². The quantitative estimate of drug-likeness (QED) is 0.915. The number of rotatable bonds is 3. The van der Waals surface area contributed by atoms with Gasteiger partial charge in [-0.15, -0.1) is 0 Å². The molecule has 140 valence electrons. The molecule has 6 heteroatoms. The van der Waals surface area contributed by atoms with E-state index in [4.69, 9.17) is 0 Å². The van der Waals surface area contributed by atoms with E-state index in [0.29, 0.717) is 5.92 Å². The lowest BCUT2D eigenvalue weighted by Gasteiger charge is -2.34. The number of nitrogens with one attached hydrogen (secondary N) is 1. The summed E-state index contributed by atoms with van der Waals surface area (Å²) in [7, 11) is 2.19. The number of piperidine rings is 1. The SMILES string of the molecule is CC(=O)N1CCC[C@@H](c2[nH]c3ncccc3c2CN2CCN(C)CC2)C1. The maximum absolute atomic E-state index is 11.9. The standard InChI is InChI=1S/C20H29N5O/c1-15(26)25-8-4-5-16(13-25)19-18(14-24-11-9-23(2)10-12-24)17-6-3-7-21-20(17)22-19/h3,6-7,16H,4-5,8-14H2,1-2H3,(H,21,22)/t16-/m1/s1. The van der Waals surface area contributed by atoms with Crippen LogP contribution in [0.3, 0.4) is 0 Å². The highest BCUT2D eigenvalue weighted by Gasteiger charge is 2.28. The zero-order chi connectivity index (χ0) is 18.1. The number of likely N-dealkylation sites (tertiary alicyclic amines) is 1. The Morgan fingerprint density at radius 1 is 1.27 bits per heavy atom. The van der Waals surface area contributed by atoms with E-state index in [2.05, 4.69) is 32.9 Å². The summed E-state index contributed by atoms with van der Waals surface area (Å²) in [5.41, 5.74) is 3.66. The van der Waals surface area contributed by atoms with Crippen LogP contribution in [0.15, 0.2) is 18.3 Å². The van der Waals surface area contributed by atoms with E-state index in [1.165, 1.54) is 16.6 Å². The first-order valence-corrected chi connectivity index (χ1v) is 9.73. The van der Waals surface area contributed by atoms with Gasteiger partial charge in [0.25, 0.3) is 0 Å². The third-order valence-corrected chi connectivity index (χ3v) is 5.96. The predicted molar refractivity (Wildman–Crippen MR) is 103 cm³/mol. The molecule has 2 aliphatic heterocycles. The fourth-order valence-electron chi connectivity index (χ4n) is 4.34. The Morgan fingerprint density at radius 3 is 2.85 bits per heavy atom. The summed E-state index contributed by atoms with van der Waals surface area (Å²) in [4.78, 5) is 27.0. The number of amides is 1. The summed E-state index contributed by atoms with van der Waals surface area (Å²) in [5, 5.41) is 1.24. The maximum atomic E-state index is 11.9. The minimum atomic E-state index is 0.185. The van der Waals surface area contributed by atoms with Gasteiger partial charge in [0.2, 0.25) is 5.91 Å². The van der Waals surface area contributed by atoms with Crippen LogP contribution in [0, 0.1) is 0 Å². The van der Waals surface area contributed by atoms with Crippen LogP contribution in [-0.2, 0) is 11.3 Å². The molecule has 0 radical (unpaired) electrons. The molecule has 0 bridgehead atoms. The van der Waals surface area contributed by atoms with Crippen molar-refractivity contribution in [3.05, 3.63) is 29.6 Å². The number of aromatic amines is 1. The lowest BCUT2D eigenvalue weighted by Crippen LogP contribution is -2.44. The third kappa shape index (κ3) is 3.48. The number of carbonyl (C=O) groups excluding carboxylic acids is 1. The fourth-order valence-corrected chi connectivity index (χ4v) is 4.34. The van der Waals surface area contributed by atoms with Gasteiger partial charge in [-0.25, -0.2) is 4.98 Å². The van der Waals surface area contributed by atoms with E-state index in [9.17, 15) is 4.79 Å². The molecule has 2 aromatic rings. The number of piperazine rings is 1. The molecule has 0 saturated carbocycles. The van der Waals surface area contributed by atoms with Crippen molar-refractivity contribution in [3.8, 4) is 0 Å². The van der Waals surface area contributed by atoms with Crippen LogP contribution in [0.1, 0.15) is 36.9 Å². The Morgan fingerprint density at radius 2 is 2.08 bits per heavy atom. The van der Waals surface area contributed by atoms with Crippen LogP contribution in [0.2, 0.25) is 0 Å². The molecule has 0 spiro atoms. The molecule has 2 fully saturated rings. The van der Waals surface area contributed by atoms with Crippen LogP contribution in [0.5, 0.6) is 0 Å². The average molecular weight is 355 g/mol. The number of H-pyrrole nitrogens is 1. The number of fused-ring (bicyclic) bond motifs is 1. The molecule has 4 rings (SSSR count). The van der Waals surface area contributed by atoms with Crippen LogP contribution in [-0.4, -0.2) is 76.9 Å². The fraction of sp³-hybridized carbons (Fsp3) is 0.600. The molecule has 1 atom stereocenters. The molecule has 26 heavy (non-hydrogen) atoms. The van der Waals surface area contributed by atoms with E-state index in [1.54, 1.807) is 6.92 Å². The summed E-state index contributed by atoms with van der Waals surface area (Å²) in [6.45, 7) is 8.80. The molecule has 6 nitrogen and oxygen atoms in total. The number of nitrogens with zero attached hydrogens (tertiary/aromatic N) is 4. The molecular weight excluding hydrogens is 326 g/mol. The van der Waals surface area contributed by atoms with E-state index in [0.717, 1.165) is 64.3 Å². The van der Waals surface area contributed by atoms with Crippen molar-refractivity contribution in [2.45, 2.75) is 32.2 Å². The highest BCUT2D eigenvalue weighted by atomic mass is 16.2. The Bertz CT molecular complexity index is 778. The Balaban J connectivity index is 1.64. The summed E-state index contributed by atoms with van der Waals surface area (Å²) >= 11 is 0. The van der Waals surface area contributed by atoms with Gasteiger partial charge in [0.15, 0.2) is 0 Å². The number of likely N-dealkylation sites (N-methyl/N-ethyl adjacent to an activating group) is 1.